The second-order valence-corrected chi connectivity index (χ2v) is 6.65. The lowest BCUT2D eigenvalue weighted by atomic mass is 10.2. The van der Waals surface area contributed by atoms with Crippen molar-refractivity contribution >= 4 is 27.1 Å². The molecule has 0 aliphatic heterocycles. The fourth-order valence-electron chi connectivity index (χ4n) is 1.76. The molecule has 0 unspecified atom stereocenters. The summed E-state index contributed by atoms with van der Waals surface area (Å²) in [6.07, 6.45) is 0. The number of nitrogens with zero attached hydrogens (tertiary/aromatic N) is 1. The fourth-order valence-corrected chi connectivity index (χ4v) is 2.80. The summed E-state index contributed by atoms with van der Waals surface area (Å²) in [5, 5.41) is 3.09. The SMILES string of the molecule is CN(C)S(=O)(=O)c1ccccc1Nc1cccc(N)c1. The normalized spacial score (nSPS) is 11.6. The summed E-state index contributed by atoms with van der Waals surface area (Å²) >= 11 is 0. The maximum Gasteiger partial charge on any atom is 0.244 e. The van der Waals surface area contributed by atoms with Crippen LogP contribution in [0.25, 0.3) is 0 Å². The zero-order chi connectivity index (χ0) is 14.8. The Labute approximate surface area is 119 Å². The molecule has 2 aromatic carbocycles. The van der Waals surface area contributed by atoms with E-state index in [0.29, 0.717) is 11.4 Å². The van der Waals surface area contributed by atoms with E-state index in [0.717, 1.165) is 5.69 Å². The molecule has 0 heterocycles. The number of benzene rings is 2. The number of hydrogen-bond donors (Lipinski definition) is 2. The molecular weight excluding hydrogens is 274 g/mol. The summed E-state index contributed by atoms with van der Waals surface area (Å²) in [4.78, 5) is 0.229. The van der Waals surface area contributed by atoms with E-state index >= 15 is 0 Å². The average Bonchev–Trinajstić information content (AvgIpc) is 2.39. The molecule has 106 valence electrons. The van der Waals surface area contributed by atoms with Crippen molar-refractivity contribution in [1.82, 2.24) is 4.31 Å². The Morgan fingerprint density at radius 1 is 1.05 bits per heavy atom. The third kappa shape index (κ3) is 2.92. The number of nitrogens with one attached hydrogen (secondary N) is 1. The second kappa shape index (κ2) is 5.52. The van der Waals surface area contributed by atoms with Gasteiger partial charge in [-0.3, -0.25) is 0 Å². The largest absolute Gasteiger partial charge is 0.399 e. The molecule has 3 N–H and O–H groups in total. The quantitative estimate of drug-likeness (QED) is 0.847. The third-order valence-electron chi connectivity index (χ3n) is 2.81. The van der Waals surface area contributed by atoms with Crippen LogP contribution in [0.2, 0.25) is 0 Å². The Morgan fingerprint density at radius 3 is 2.40 bits per heavy atom. The fraction of sp³-hybridized carbons (Fsp3) is 0.143. The summed E-state index contributed by atoms with van der Waals surface area (Å²) < 4.78 is 25.7. The Kier molecular flexibility index (Phi) is 3.96. The first kappa shape index (κ1) is 14.4. The van der Waals surface area contributed by atoms with Gasteiger partial charge in [0.25, 0.3) is 0 Å². The van der Waals surface area contributed by atoms with Crippen LogP contribution in [0, 0.1) is 0 Å². The van der Waals surface area contributed by atoms with Gasteiger partial charge in [-0.25, -0.2) is 12.7 Å². The standard InChI is InChI=1S/C14H17N3O2S/c1-17(2)20(18,19)14-9-4-3-8-13(14)16-12-7-5-6-11(15)10-12/h3-10,16H,15H2,1-2H3. The predicted octanol–water partition coefficient (Wildman–Crippen LogP) is 2.26. The number of rotatable bonds is 4. The van der Waals surface area contributed by atoms with Gasteiger partial charge >= 0.3 is 0 Å². The van der Waals surface area contributed by atoms with E-state index in [4.69, 9.17) is 5.73 Å². The second-order valence-electron chi connectivity index (χ2n) is 4.53. The van der Waals surface area contributed by atoms with Crippen LogP contribution in [-0.4, -0.2) is 26.8 Å². The predicted molar refractivity (Wildman–Crippen MR) is 81.5 cm³/mol. The van der Waals surface area contributed by atoms with E-state index < -0.39 is 10.0 Å². The minimum atomic E-state index is -3.50. The van der Waals surface area contributed by atoms with Gasteiger partial charge in [-0.05, 0) is 30.3 Å². The van der Waals surface area contributed by atoms with Crippen molar-refractivity contribution in [3.63, 3.8) is 0 Å². The molecule has 0 radical (unpaired) electrons. The van der Waals surface area contributed by atoms with Gasteiger partial charge in [-0.1, -0.05) is 18.2 Å². The molecule has 0 fully saturated rings. The zero-order valence-electron chi connectivity index (χ0n) is 11.4. The molecule has 0 spiro atoms. The van der Waals surface area contributed by atoms with Gasteiger partial charge in [0.1, 0.15) is 4.90 Å². The molecule has 5 nitrogen and oxygen atoms in total. The number of hydrogen-bond acceptors (Lipinski definition) is 4. The number of para-hydroxylation sites is 1. The summed E-state index contributed by atoms with van der Waals surface area (Å²) in [5.41, 5.74) is 7.59. The van der Waals surface area contributed by atoms with Crippen molar-refractivity contribution < 1.29 is 8.42 Å². The van der Waals surface area contributed by atoms with Crippen LogP contribution in [0.15, 0.2) is 53.4 Å². The minimum Gasteiger partial charge on any atom is -0.399 e. The lowest BCUT2D eigenvalue weighted by Gasteiger charge is -2.16. The van der Waals surface area contributed by atoms with Crippen LogP contribution in [0.3, 0.4) is 0 Å². The lowest BCUT2D eigenvalue weighted by Crippen LogP contribution is -2.23. The molecule has 0 atom stereocenters. The first-order valence-corrected chi connectivity index (χ1v) is 7.49. The van der Waals surface area contributed by atoms with Crippen molar-refractivity contribution in [3.8, 4) is 0 Å². The van der Waals surface area contributed by atoms with Crippen LogP contribution in [0.5, 0.6) is 0 Å². The molecule has 2 aromatic rings. The first-order valence-electron chi connectivity index (χ1n) is 6.05. The van der Waals surface area contributed by atoms with Crippen molar-refractivity contribution in [2.75, 3.05) is 25.1 Å². The molecule has 0 amide bonds. The highest BCUT2D eigenvalue weighted by molar-refractivity contribution is 7.89. The highest BCUT2D eigenvalue weighted by atomic mass is 32.2. The third-order valence-corrected chi connectivity index (χ3v) is 4.68. The van der Waals surface area contributed by atoms with Crippen LogP contribution in [0.4, 0.5) is 17.1 Å². The molecule has 6 heteroatoms. The molecule has 2 rings (SSSR count). The monoisotopic (exact) mass is 291 g/mol. The smallest absolute Gasteiger partial charge is 0.244 e. The summed E-state index contributed by atoms with van der Waals surface area (Å²) in [5.74, 6) is 0. The number of nitrogens with two attached hydrogens (primary N) is 1. The van der Waals surface area contributed by atoms with Crippen molar-refractivity contribution in [2.45, 2.75) is 4.90 Å². The molecule has 0 aromatic heterocycles. The highest BCUT2D eigenvalue weighted by Crippen LogP contribution is 2.27. The maximum atomic E-state index is 12.3. The average molecular weight is 291 g/mol. The van der Waals surface area contributed by atoms with Crippen LogP contribution >= 0.6 is 0 Å². The van der Waals surface area contributed by atoms with Gasteiger partial charge in [0.05, 0.1) is 5.69 Å². The molecule has 0 aliphatic rings. The van der Waals surface area contributed by atoms with Gasteiger partial charge in [0.15, 0.2) is 0 Å². The zero-order valence-corrected chi connectivity index (χ0v) is 12.2. The van der Waals surface area contributed by atoms with E-state index in [1.807, 2.05) is 6.07 Å². The maximum absolute atomic E-state index is 12.3. The topological polar surface area (TPSA) is 75.4 Å². The summed E-state index contributed by atoms with van der Waals surface area (Å²) in [6, 6.07) is 13.9. The number of anilines is 3. The molecular formula is C14H17N3O2S. The van der Waals surface area contributed by atoms with Crippen LogP contribution in [0.1, 0.15) is 0 Å². The molecule has 0 bridgehead atoms. The number of sulfonamides is 1. The Morgan fingerprint density at radius 2 is 1.75 bits per heavy atom. The van der Waals surface area contributed by atoms with E-state index in [9.17, 15) is 8.42 Å². The molecule has 0 saturated carbocycles. The molecule has 0 aliphatic carbocycles. The van der Waals surface area contributed by atoms with Crippen LogP contribution in [-0.2, 0) is 10.0 Å². The first-order chi connectivity index (χ1) is 9.41. The summed E-state index contributed by atoms with van der Waals surface area (Å²) in [6.45, 7) is 0. The van der Waals surface area contributed by atoms with E-state index in [2.05, 4.69) is 5.32 Å². The van der Waals surface area contributed by atoms with E-state index in [1.165, 1.54) is 18.4 Å². The van der Waals surface area contributed by atoms with Gasteiger partial charge in [0.2, 0.25) is 10.0 Å². The molecule has 20 heavy (non-hydrogen) atoms. The van der Waals surface area contributed by atoms with Gasteiger partial charge in [-0.15, -0.1) is 0 Å². The van der Waals surface area contributed by atoms with E-state index in [-0.39, 0.29) is 4.90 Å². The summed E-state index contributed by atoms with van der Waals surface area (Å²) in [7, 11) is -0.485. The minimum absolute atomic E-state index is 0.229. The van der Waals surface area contributed by atoms with Crippen molar-refractivity contribution in [3.05, 3.63) is 48.5 Å². The molecule has 0 saturated heterocycles. The van der Waals surface area contributed by atoms with E-state index in [1.54, 1.807) is 42.5 Å². The van der Waals surface area contributed by atoms with Crippen LogP contribution < -0.4 is 11.1 Å². The Hall–Kier alpha value is -2.05. The Bertz CT molecular complexity index is 712. The van der Waals surface area contributed by atoms with Gasteiger partial charge < -0.3 is 11.1 Å². The lowest BCUT2D eigenvalue weighted by molar-refractivity contribution is 0.521. The Balaban J connectivity index is 2.44. The van der Waals surface area contributed by atoms with Crippen molar-refractivity contribution in [2.24, 2.45) is 0 Å². The van der Waals surface area contributed by atoms with Gasteiger partial charge in [0, 0.05) is 25.5 Å². The van der Waals surface area contributed by atoms with Crippen molar-refractivity contribution in [1.29, 1.82) is 0 Å². The van der Waals surface area contributed by atoms with Gasteiger partial charge in [-0.2, -0.15) is 0 Å². The highest BCUT2D eigenvalue weighted by Gasteiger charge is 2.20. The number of nitrogen functional groups attached to an aromatic ring is 1.